The maximum absolute atomic E-state index is 12.1. The summed E-state index contributed by atoms with van der Waals surface area (Å²) in [6.45, 7) is 4.45. The van der Waals surface area contributed by atoms with Gasteiger partial charge in [0.1, 0.15) is 5.82 Å². The molecule has 8 heteroatoms. The van der Waals surface area contributed by atoms with Gasteiger partial charge in [-0.1, -0.05) is 59.8 Å². The number of hydrogen-bond donors (Lipinski definition) is 2. The Morgan fingerprint density at radius 2 is 1.68 bits per heavy atom. The van der Waals surface area contributed by atoms with E-state index >= 15 is 0 Å². The van der Waals surface area contributed by atoms with E-state index in [1.165, 1.54) is 11.8 Å². The van der Waals surface area contributed by atoms with Crippen molar-refractivity contribution in [2.24, 2.45) is 0 Å². The topological polar surface area (TPSA) is 88.9 Å². The summed E-state index contributed by atoms with van der Waals surface area (Å²) >= 11 is 1.27. The van der Waals surface area contributed by atoms with Gasteiger partial charge in [-0.3, -0.25) is 20.4 Å². The summed E-state index contributed by atoms with van der Waals surface area (Å²) in [6.07, 6.45) is 0. The zero-order valence-corrected chi connectivity index (χ0v) is 16.5. The van der Waals surface area contributed by atoms with Gasteiger partial charge in [-0.25, -0.2) is 0 Å². The summed E-state index contributed by atoms with van der Waals surface area (Å²) in [5.41, 5.74) is 7.52. The fourth-order valence-electron chi connectivity index (χ4n) is 2.49. The molecule has 0 aliphatic carbocycles. The van der Waals surface area contributed by atoms with Crippen molar-refractivity contribution in [3.05, 3.63) is 77.1 Å². The number of rotatable bonds is 6. The molecule has 3 aromatic rings. The van der Waals surface area contributed by atoms with Gasteiger partial charge in [-0.15, -0.1) is 10.2 Å². The second kappa shape index (κ2) is 9.18. The molecule has 144 valence electrons. The molecule has 0 spiro atoms. The Morgan fingerprint density at radius 1 is 0.964 bits per heavy atom. The van der Waals surface area contributed by atoms with Crippen LogP contribution in [-0.2, 0) is 11.3 Å². The van der Waals surface area contributed by atoms with E-state index in [-0.39, 0.29) is 17.6 Å². The van der Waals surface area contributed by atoms with Gasteiger partial charge in [0.25, 0.3) is 5.91 Å². The van der Waals surface area contributed by atoms with Gasteiger partial charge in [-0.05, 0) is 31.5 Å². The molecule has 0 saturated heterocycles. The van der Waals surface area contributed by atoms with Crippen LogP contribution >= 0.6 is 11.8 Å². The average molecular weight is 395 g/mol. The molecule has 1 aromatic heterocycles. The number of carbonyl (C=O) groups excluding carboxylic acids is 2. The van der Waals surface area contributed by atoms with Crippen molar-refractivity contribution in [1.82, 2.24) is 25.6 Å². The van der Waals surface area contributed by atoms with Crippen LogP contribution in [0.4, 0.5) is 0 Å². The summed E-state index contributed by atoms with van der Waals surface area (Å²) in [7, 11) is 0. The highest BCUT2D eigenvalue weighted by Gasteiger charge is 2.13. The first kappa shape index (κ1) is 19.6. The Balaban J connectivity index is 1.52. The second-order valence-corrected chi connectivity index (χ2v) is 7.20. The van der Waals surface area contributed by atoms with E-state index in [2.05, 4.69) is 21.0 Å². The monoisotopic (exact) mass is 395 g/mol. The molecule has 0 bridgehead atoms. The highest BCUT2D eigenvalue weighted by atomic mass is 32.2. The van der Waals surface area contributed by atoms with Gasteiger partial charge >= 0.3 is 0 Å². The molecule has 28 heavy (non-hydrogen) atoms. The Morgan fingerprint density at radius 3 is 2.39 bits per heavy atom. The number of thioether (sulfide) groups is 1. The van der Waals surface area contributed by atoms with Crippen molar-refractivity contribution in [3.63, 3.8) is 0 Å². The molecule has 0 radical (unpaired) electrons. The Bertz CT molecular complexity index is 954. The standard InChI is InChI=1S/C20H21N5O2S/c1-14-8-10-17(11-9-14)19(27)23-22-18(26)13-28-20-24-21-15(2)25(20)12-16-6-4-3-5-7-16/h3-11H,12-13H2,1-2H3,(H,22,26)(H,23,27). The number of hydrogen-bond acceptors (Lipinski definition) is 5. The third-order valence-electron chi connectivity index (χ3n) is 4.05. The zero-order valence-electron chi connectivity index (χ0n) is 15.7. The van der Waals surface area contributed by atoms with Gasteiger partial charge < -0.3 is 4.57 Å². The third-order valence-corrected chi connectivity index (χ3v) is 5.01. The molecule has 1 heterocycles. The average Bonchev–Trinajstić information content (AvgIpc) is 3.05. The summed E-state index contributed by atoms with van der Waals surface area (Å²) in [5, 5.41) is 8.90. The second-order valence-electron chi connectivity index (χ2n) is 6.26. The van der Waals surface area contributed by atoms with E-state index in [1.54, 1.807) is 12.1 Å². The van der Waals surface area contributed by atoms with E-state index in [0.717, 1.165) is 17.0 Å². The molecule has 7 nitrogen and oxygen atoms in total. The van der Waals surface area contributed by atoms with Gasteiger partial charge in [0.15, 0.2) is 5.16 Å². The summed E-state index contributed by atoms with van der Waals surface area (Å²) in [5.74, 6) is 0.208. The molecular weight excluding hydrogens is 374 g/mol. The Labute approximate surface area is 167 Å². The number of aromatic nitrogens is 3. The molecule has 0 fully saturated rings. The Kier molecular flexibility index (Phi) is 6.44. The van der Waals surface area contributed by atoms with Crippen LogP contribution in [0, 0.1) is 13.8 Å². The molecule has 2 N–H and O–H groups in total. The molecule has 3 rings (SSSR count). The van der Waals surface area contributed by atoms with Crippen LogP contribution in [0.1, 0.15) is 27.3 Å². The van der Waals surface area contributed by atoms with Crippen LogP contribution in [-0.4, -0.2) is 32.3 Å². The van der Waals surface area contributed by atoms with Crippen molar-refractivity contribution in [3.8, 4) is 0 Å². The van der Waals surface area contributed by atoms with Gasteiger partial charge in [0.05, 0.1) is 12.3 Å². The first-order valence-electron chi connectivity index (χ1n) is 8.75. The van der Waals surface area contributed by atoms with Crippen LogP contribution in [0.2, 0.25) is 0 Å². The lowest BCUT2D eigenvalue weighted by Gasteiger charge is -2.09. The van der Waals surface area contributed by atoms with Crippen LogP contribution in [0.15, 0.2) is 59.8 Å². The lowest BCUT2D eigenvalue weighted by Crippen LogP contribution is -2.42. The number of hydrazine groups is 1. The number of benzene rings is 2. The zero-order chi connectivity index (χ0) is 19.9. The van der Waals surface area contributed by atoms with Crippen LogP contribution in [0.25, 0.3) is 0 Å². The first-order valence-corrected chi connectivity index (χ1v) is 9.74. The predicted molar refractivity (Wildman–Crippen MR) is 108 cm³/mol. The predicted octanol–water partition coefficient (Wildman–Crippen LogP) is 2.50. The highest BCUT2D eigenvalue weighted by Crippen LogP contribution is 2.18. The minimum atomic E-state index is -0.360. The first-order chi connectivity index (χ1) is 13.5. The minimum absolute atomic E-state index is 0.112. The minimum Gasteiger partial charge on any atom is -0.302 e. The number of aryl methyl sites for hydroxylation is 2. The van der Waals surface area contributed by atoms with Gasteiger partial charge in [-0.2, -0.15) is 0 Å². The van der Waals surface area contributed by atoms with Crippen LogP contribution in [0.3, 0.4) is 0 Å². The number of nitrogens with zero attached hydrogens (tertiary/aromatic N) is 3. The molecule has 0 aliphatic rings. The van der Waals surface area contributed by atoms with Crippen molar-refractivity contribution in [2.45, 2.75) is 25.5 Å². The smallest absolute Gasteiger partial charge is 0.269 e. The SMILES string of the molecule is Cc1ccc(C(=O)NNC(=O)CSc2nnc(C)n2Cc2ccccc2)cc1. The van der Waals surface area contributed by atoms with E-state index in [9.17, 15) is 9.59 Å². The van der Waals surface area contributed by atoms with Gasteiger partial charge in [0, 0.05) is 5.56 Å². The summed E-state index contributed by atoms with van der Waals surface area (Å²) < 4.78 is 1.96. The highest BCUT2D eigenvalue weighted by molar-refractivity contribution is 7.99. The van der Waals surface area contributed by atoms with Crippen molar-refractivity contribution >= 4 is 23.6 Å². The molecule has 2 aromatic carbocycles. The summed E-state index contributed by atoms with van der Waals surface area (Å²) in [6, 6.07) is 17.1. The fourth-order valence-corrected chi connectivity index (χ4v) is 3.27. The van der Waals surface area contributed by atoms with E-state index in [0.29, 0.717) is 17.3 Å². The Hall–Kier alpha value is -3.13. The molecule has 0 saturated carbocycles. The van der Waals surface area contributed by atoms with Crippen LogP contribution < -0.4 is 10.9 Å². The fraction of sp³-hybridized carbons (Fsp3) is 0.200. The van der Waals surface area contributed by atoms with Crippen molar-refractivity contribution < 1.29 is 9.59 Å². The van der Waals surface area contributed by atoms with Crippen molar-refractivity contribution in [1.29, 1.82) is 0 Å². The molecule has 0 aliphatic heterocycles. The lowest BCUT2D eigenvalue weighted by atomic mass is 10.1. The normalized spacial score (nSPS) is 10.5. The molecular formula is C20H21N5O2S. The maximum Gasteiger partial charge on any atom is 0.269 e. The molecule has 0 atom stereocenters. The van der Waals surface area contributed by atoms with Crippen molar-refractivity contribution in [2.75, 3.05) is 5.75 Å². The lowest BCUT2D eigenvalue weighted by molar-refractivity contribution is -0.119. The number of carbonyl (C=O) groups is 2. The van der Waals surface area contributed by atoms with E-state index in [4.69, 9.17) is 0 Å². The molecule has 0 unspecified atom stereocenters. The third kappa shape index (κ3) is 5.20. The molecule has 2 amide bonds. The number of amides is 2. The van der Waals surface area contributed by atoms with E-state index in [1.807, 2.05) is 60.9 Å². The maximum atomic E-state index is 12.1. The number of nitrogens with one attached hydrogen (secondary N) is 2. The largest absolute Gasteiger partial charge is 0.302 e. The summed E-state index contributed by atoms with van der Waals surface area (Å²) in [4.78, 5) is 24.1. The quantitative estimate of drug-likeness (QED) is 0.494. The van der Waals surface area contributed by atoms with Gasteiger partial charge in [0.2, 0.25) is 5.91 Å². The van der Waals surface area contributed by atoms with E-state index < -0.39 is 0 Å². The van der Waals surface area contributed by atoms with Crippen LogP contribution in [0.5, 0.6) is 0 Å².